The normalized spacial score (nSPS) is 23.6. The standard InChI is InChI=1S/C16H19N3OS.2ClH/c20-16(11-1-2-14-15(7-11)21-10-18-14)19-5-3-12-8-17-9-13(12)4-6-19;;/h1-2,7,10,12-13,17H,3-6,8-9H2;2*1H/t12-,13+;;. The minimum atomic E-state index is 0. The first-order chi connectivity index (χ1) is 10.3. The Labute approximate surface area is 152 Å². The van der Waals surface area contributed by atoms with E-state index in [1.54, 1.807) is 11.3 Å². The molecule has 0 saturated carbocycles. The van der Waals surface area contributed by atoms with E-state index in [1.807, 2.05) is 28.6 Å². The van der Waals surface area contributed by atoms with E-state index in [4.69, 9.17) is 0 Å². The number of nitrogens with one attached hydrogen (secondary N) is 1. The minimum Gasteiger partial charge on any atom is -0.339 e. The van der Waals surface area contributed by atoms with Crippen LogP contribution in [0.1, 0.15) is 23.2 Å². The zero-order valence-electron chi connectivity index (χ0n) is 12.7. The summed E-state index contributed by atoms with van der Waals surface area (Å²) in [5.74, 6) is 1.69. The van der Waals surface area contributed by atoms with Crippen LogP contribution >= 0.6 is 36.2 Å². The molecule has 4 nitrogen and oxygen atoms in total. The van der Waals surface area contributed by atoms with Gasteiger partial charge in [-0.3, -0.25) is 4.79 Å². The predicted molar refractivity (Wildman–Crippen MR) is 99.1 cm³/mol. The molecule has 0 bridgehead atoms. The van der Waals surface area contributed by atoms with Gasteiger partial charge >= 0.3 is 0 Å². The maximum absolute atomic E-state index is 12.7. The number of thiazole rings is 1. The molecule has 7 heteroatoms. The van der Waals surface area contributed by atoms with E-state index >= 15 is 0 Å². The molecule has 1 amide bonds. The second kappa shape index (κ2) is 7.79. The topological polar surface area (TPSA) is 45.2 Å². The van der Waals surface area contributed by atoms with E-state index < -0.39 is 0 Å². The van der Waals surface area contributed by atoms with Crippen LogP contribution in [0, 0.1) is 11.8 Å². The van der Waals surface area contributed by atoms with Crippen LogP contribution in [-0.4, -0.2) is 42.0 Å². The van der Waals surface area contributed by atoms with Gasteiger partial charge in [0.05, 0.1) is 15.7 Å². The number of nitrogens with zero attached hydrogens (tertiary/aromatic N) is 2. The van der Waals surface area contributed by atoms with Gasteiger partial charge in [0.15, 0.2) is 0 Å². The lowest BCUT2D eigenvalue weighted by Gasteiger charge is -2.21. The fourth-order valence-electron chi connectivity index (χ4n) is 3.59. The molecule has 0 spiro atoms. The van der Waals surface area contributed by atoms with Gasteiger partial charge in [0, 0.05) is 18.7 Å². The Morgan fingerprint density at radius 2 is 1.87 bits per heavy atom. The van der Waals surface area contributed by atoms with Crippen molar-refractivity contribution in [3.05, 3.63) is 29.3 Å². The summed E-state index contributed by atoms with van der Waals surface area (Å²) in [7, 11) is 0. The molecule has 3 heterocycles. The lowest BCUT2D eigenvalue weighted by molar-refractivity contribution is 0.0758. The van der Waals surface area contributed by atoms with Crippen molar-refractivity contribution in [2.45, 2.75) is 12.8 Å². The lowest BCUT2D eigenvalue weighted by Crippen LogP contribution is -2.32. The van der Waals surface area contributed by atoms with Gasteiger partial charge in [-0.2, -0.15) is 0 Å². The number of halogens is 2. The highest BCUT2D eigenvalue weighted by Crippen LogP contribution is 2.28. The number of amides is 1. The zero-order valence-corrected chi connectivity index (χ0v) is 15.2. The van der Waals surface area contributed by atoms with Crippen LogP contribution in [-0.2, 0) is 0 Å². The number of carbonyl (C=O) groups excluding carboxylic acids is 1. The van der Waals surface area contributed by atoms with Crippen LogP contribution in [0.2, 0.25) is 0 Å². The first-order valence-corrected chi connectivity index (χ1v) is 8.52. The second-order valence-corrected chi connectivity index (χ2v) is 6.97. The number of fused-ring (bicyclic) bond motifs is 2. The first-order valence-electron chi connectivity index (χ1n) is 7.64. The van der Waals surface area contributed by atoms with Crippen molar-refractivity contribution in [3.8, 4) is 0 Å². The van der Waals surface area contributed by atoms with Crippen molar-refractivity contribution >= 4 is 52.3 Å². The van der Waals surface area contributed by atoms with Crippen molar-refractivity contribution in [1.29, 1.82) is 0 Å². The molecule has 1 aromatic carbocycles. The Kier molecular flexibility index (Phi) is 6.26. The summed E-state index contributed by atoms with van der Waals surface area (Å²) in [5, 5.41) is 3.48. The highest BCUT2D eigenvalue weighted by Gasteiger charge is 2.31. The first kappa shape index (κ1) is 18.5. The molecule has 0 aliphatic carbocycles. The molecule has 1 aromatic heterocycles. The van der Waals surface area contributed by atoms with Gasteiger partial charge in [-0.05, 0) is 56.0 Å². The predicted octanol–water partition coefficient (Wildman–Crippen LogP) is 3.21. The molecular formula is C16H21Cl2N3OS. The van der Waals surface area contributed by atoms with Gasteiger partial charge in [-0.25, -0.2) is 4.98 Å². The number of aromatic nitrogens is 1. The average molecular weight is 374 g/mol. The maximum atomic E-state index is 12.7. The highest BCUT2D eigenvalue weighted by molar-refractivity contribution is 7.16. The van der Waals surface area contributed by atoms with Crippen molar-refractivity contribution in [1.82, 2.24) is 15.2 Å². The monoisotopic (exact) mass is 373 g/mol. The molecule has 2 fully saturated rings. The Morgan fingerprint density at radius 1 is 1.17 bits per heavy atom. The summed E-state index contributed by atoms with van der Waals surface area (Å²) >= 11 is 1.59. The number of hydrogen-bond donors (Lipinski definition) is 1. The van der Waals surface area contributed by atoms with E-state index in [1.165, 1.54) is 0 Å². The van der Waals surface area contributed by atoms with Crippen molar-refractivity contribution < 1.29 is 4.79 Å². The Morgan fingerprint density at radius 3 is 2.57 bits per heavy atom. The zero-order chi connectivity index (χ0) is 14.2. The molecule has 1 N–H and O–H groups in total. The van der Waals surface area contributed by atoms with E-state index in [0.29, 0.717) is 0 Å². The molecule has 2 atom stereocenters. The van der Waals surface area contributed by atoms with Gasteiger partial charge in [-0.15, -0.1) is 36.2 Å². The fourth-order valence-corrected chi connectivity index (χ4v) is 4.31. The second-order valence-electron chi connectivity index (χ2n) is 6.08. The van der Waals surface area contributed by atoms with Crippen molar-refractivity contribution in [3.63, 3.8) is 0 Å². The SMILES string of the molecule is Cl.Cl.O=C(c1ccc2ncsc2c1)N1CC[C@@H]2CNC[C@@H]2CC1. The lowest BCUT2D eigenvalue weighted by atomic mass is 9.92. The molecule has 2 aliphatic rings. The number of carbonyl (C=O) groups is 1. The van der Waals surface area contributed by atoms with Gasteiger partial charge < -0.3 is 10.2 Å². The van der Waals surface area contributed by atoms with Crippen LogP contribution < -0.4 is 5.32 Å². The number of benzene rings is 1. The third kappa shape index (κ3) is 3.63. The third-order valence-electron chi connectivity index (χ3n) is 4.88. The van der Waals surface area contributed by atoms with Crippen LogP contribution in [0.5, 0.6) is 0 Å². The molecule has 0 radical (unpaired) electrons. The van der Waals surface area contributed by atoms with Gasteiger partial charge in [0.1, 0.15) is 0 Å². The van der Waals surface area contributed by atoms with E-state index in [2.05, 4.69) is 10.3 Å². The van der Waals surface area contributed by atoms with Crippen LogP contribution in [0.4, 0.5) is 0 Å². The Balaban J connectivity index is 0.000000960. The summed E-state index contributed by atoms with van der Waals surface area (Å²) in [6.07, 6.45) is 2.26. The largest absolute Gasteiger partial charge is 0.339 e. The van der Waals surface area contributed by atoms with Crippen LogP contribution in [0.3, 0.4) is 0 Å². The quantitative estimate of drug-likeness (QED) is 0.834. The highest BCUT2D eigenvalue weighted by atomic mass is 35.5. The van der Waals surface area contributed by atoms with Gasteiger partial charge in [0.2, 0.25) is 0 Å². The fraction of sp³-hybridized carbons (Fsp3) is 0.500. The van der Waals surface area contributed by atoms with Crippen LogP contribution in [0.15, 0.2) is 23.7 Å². The summed E-state index contributed by atoms with van der Waals surface area (Å²) in [4.78, 5) is 19.0. The van der Waals surface area contributed by atoms with Crippen LogP contribution in [0.25, 0.3) is 10.2 Å². The Bertz CT molecular complexity index is 664. The van der Waals surface area contributed by atoms with E-state index in [-0.39, 0.29) is 30.7 Å². The van der Waals surface area contributed by atoms with E-state index in [9.17, 15) is 4.79 Å². The van der Waals surface area contributed by atoms with Crippen molar-refractivity contribution in [2.24, 2.45) is 11.8 Å². The molecule has 126 valence electrons. The summed E-state index contributed by atoms with van der Waals surface area (Å²) < 4.78 is 1.09. The molecular weight excluding hydrogens is 353 g/mol. The molecule has 2 saturated heterocycles. The molecule has 23 heavy (non-hydrogen) atoms. The average Bonchev–Trinajstić information content (AvgIpc) is 3.11. The number of rotatable bonds is 1. The smallest absolute Gasteiger partial charge is 0.253 e. The summed E-state index contributed by atoms with van der Waals surface area (Å²) in [6, 6.07) is 5.86. The Hall–Kier alpha value is -0.880. The minimum absolute atomic E-state index is 0. The summed E-state index contributed by atoms with van der Waals surface area (Å²) in [5.41, 5.74) is 3.61. The molecule has 2 aromatic rings. The molecule has 2 aliphatic heterocycles. The third-order valence-corrected chi connectivity index (χ3v) is 5.68. The van der Waals surface area contributed by atoms with Gasteiger partial charge in [-0.1, -0.05) is 0 Å². The summed E-state index contributed by atoms with van der Waals surface area (Å²) in [6.45, 7) is 4.03. The van der Waals surface area contributed by atoms with Gasteiger partial charge in [0.25, 0.3) is 5.91 Å². The molecule has 4 rings (SSSR count). The number of likely N-dealkylation sites (tertiary alicyclic amines) is 1. The van der Waals surface area contributed by atoms with Crippen molar-refractivity contribution in [2.75, 3.05) is 26.2 Å². The molecule has 0 unspecified atom stereocenters. The number of hydrogen-bond acceptors (Lipinski definition) is 4. The maximum Gasteiger partial charge on any atom is 0.253 e. The van der Waals surface area contributed by atoms with E-state index in [0.717, 1.165) is 66.6 Å².